The number of hydrogen-bond donors (Lipinski definition) is 4. The van der Waals surface area contributed by atoms with Crippen LogP contribution in [-0.4, -0.2) is 68.5 Å². The molecule has 40 heavy (non-hydrogen) atoms. The van der Waals surface area contributed by atoms with Crippen molar-refractivity contribution in [1.29, 1.82) is 0 Å². The highest BCUT2D eigenvalue weighted by molar-refractivity contribution is 7.65. The van der Waals surface area contributed by atoms with Gasteiger partial charge in [-0.05, 0) is 35.7 Å². The largest absolute Gasteiger partial charge is 0.580 e. The summed E-state index contributed by atoms with van der Waals surface area (Å²) < 4.78 is 31.3. The van der Waals surface area contributed by atoms with Gasteiger partial charge in [0.2, 0.25) is 5.91 Å². The molecular weight excluding hydrogens is 584 g/mol. The molecule has 1 aromatic heterocycles. The number of benzene rings is 1. The summed E-state index contributed by atoms with van der Waals surface area (Å²) in [4.78, 5) is 62.4. The fraction of sp³-hybridized carbons (Fsp3) is 0.458. The number of rotatable bonds is 13. The zero-order valence-electron chi connectivity index (χ0n) is 22.3. The van der Waals surface area contributed by atoms with Gasteiger partial charge in [-0.15, -0.1) is 15.9 Å². The molecule has 0 bridgehead atoms. The van der Waals surface area contributed by atoms with Crippen molar-refractivity contribution in [2.24, 2.45) is 0 Å². The fourth-order valence-corrected chi connectivity index (χ4v) is 7.19. The van der Waals surface area contributed by atoms with Crippen molar-refractivity contribution >= 4 is 39.3 Å². The summed E-state index contributed by atoms with van der Waals surface area (Å²) in [6.45, 7) is 8.34. The summed E-state index contributed by atoms with van der Waals surface area (Å²) in [6, 6.07) is 6.12. The van der Waals surface area contributed by atoms with Crippen molar-refractivity contribution in [3.63, 3.8) is 0 Å². The number of aromatic nitrogens is 1. The first kappa shape index (κ1) is 32.3. The number of ether oxygens (including phenoxy) is 1. The minimum atomic E-state index is -4.86. The van der Waals surface area contributed by atoms with Gasteiger partial charge in [0, 0.05) is 6.42 Å². The van der Waals surface area contributed by atoms with Crippen molar-refractivity contribution in [3.05, 3.63) is 53.7 Å². The zero-order chi connectivity index (χ0) is 29.5. The van der Waals surface area contributed by atoms with Crippen LogP contribution in [0.2, 0.25) is 0 Å². The molecule has 1 fully saturated rings. The highest BCUT2D eigenvalue weighted by atomic mass is 32.1. The average Bonchev–Trinajstić information content (AvgIpc) is 3.51. The van der Waals surface area contributed by atoms with E-state index in [9.17, 15) is 28.8 Å². The van der Waals surface area contributed by atoms with Gasteiger partial charge in [-0.25, -0.2) is 14.3 Å². The lowest BCUT2D eigenvalue weighted by atomic mass is 10.0. The van der Waals surface area contributed by atoms with E-state index >= 15 is 0 Å². The van der Waals surface area contributed by atoms with Crippen LogP contribution in [0.15, 0.2) is 42.4 Å². The number of amides is 2. The first-order valence-corrected chi connectivity index (χ1v) is 16.3. The Morgan fingerprint density at radius 3 is 2.65 bits per heavy atom. The maximum Gasteiger partial charge on any atom is 0.580 e. The standard InChI is InChI=1S/C24H33N3O10P2S/c1-5-11-34-24(29)27-14-20(36-39(32,33)37-38(30,31)35-12-6-2)13-21(27)23(28)26-16(3)18-7-9-19(10-8-18)22-17(4)25-15-40-22/h5,7-10,15-16,20-21,32-33H,1,6,11-14H2,2-4H3,(H-,26,28,30,31)/p+1/t16-,20+,21-/m0/s1. The van der Waals surface area contributed by atoms with E-state index in [-0.39, 0.29) is 26.2 Å². The molecule has 0 spiro atoms. The Bertz CT molecular complexity index is 1230. The van der Waals surface area contributed by atoms with Gasteiger partial charge in [0.15, 0.2) is 0 Å². The van der Waals surface area contributed by atoms with Crippen molar-refractivity contribution < 1.29 is 46.9 Å². The molecule has 16 heteroatoms. The molecule has 2 aromatic rings. The number of phosphoric acid groups is 1. The minimum Gasteiger partial charge on any atom is -0.445 e. The third-order valence-electron chi connectivity index (χ3n) is 5.86. The summed E-state index contributed by atoms with van der Waals surface area (Å²) >= 11 is 1.54. The lowest BCUT2D eigenvalue weighted by Gasteiger charge is -2.24. The van der Waals surface area contributed by atoms with Crippen molar-refractivity contribution in [3.8, 4) is 10.4 Å². The molecule has 4 N–H and O–H groups in total. The second-order valence-electron chi connectivity index (χ2n) is 8.99. The van der Waals surface area contributed by atoms with Gasteiger partial charge in [-0.2, -0.15) is 9.79 Å². The highest BCUT2D eigenvalue weighted by Crippen LogP contribution is 2.66. The van der Waals surface area contributed by atoms with Crippen LogP contribution < -0.4 is 5.32 Å². The molecule has 2 heterocycles. The molecule has 0 saturated carbocycles. The van der Waals surface area contributed by atoms with Crippen molar-refractivity contribution in [2.45, 2.75) is 51.8 Å². The summed E-state index contributed by atoms with van der Waals surface area (Å²) in [5, 5.41) is 2.86. The molecule has 4 atom stereocenters. The summed E-state index contributed by atoms with van der Waals surface area (Å²) in [5.41, 5.74) is 4.53. The van der Waals surface area contributed by atoms with E-state index in [1.54, 1.807) is 19.4 Å². The topological polar surface area (TPSA) is 177 Å². The number of phosphoric ester groups is 1. The van der Waals surface area contributed by atoms with Crippen LogP contribution in [0.3, 0.4) is 0 Å². The van der Waals surface area contributed by atoms with E-state index in [1.165, 1.54) is 17.4 Å². The number of carbonyl (C=O) groups is 2. The van der Waals surface area contributed by atoms with Crippen molar-refractivity contribution in [1.82, 2.24) is 15.2 Å². The van der Waals surface area contributed by atoms with Crippen LogP contribution in [0.1, 0.15) is 44.0 Å². The van der Waals surface area contributed by atoms with Crippen LogP contribution in [0.25, 0.3) is 10.4 Å². The molecule has 1 unspecified atom stereocenters. The third kappa shape index (κ3) is 8.87. The van der Waals surface area contributed by atoms with Gasteiger partial charge in [0.05, 0.1) is 35.3 Å². The summed E-state index contributed by atoms with van der Waals surface area (Å²) in [7, 11) is -9.68. The maximum absolute atomic E-state index is 13.3. The van der Waals surface area contributed by atoms with Gasteiger partial charge in [0.25, 0.3) is 0 Å². The number of carbonyl (C=O) groups excluding carboxylic acids is 2. The average molecular weight is 619 g/mol. The van der Waals surface area contributed by atoms with Gasteiger partial charge in [-0.3, -0.25) is 14.2 Å². The SMILES string of the molecule is C=CCOC(=O)N1C[C@H](O[P+](O)(O)OP(=O)(O)OCCC)C[C@H]1C(=O)N[C@@H](C)c1ccc(-c2scnc2C)cc1. The Morgan fingerprint density at radius 2 is 2.05 bits per heavy atom. The second-order valence-corrected chi connectivity index (χ2v) is 12.9. The predicted molar refractivity (Wildman–Crippen MR) is 149 cm³/mol. The number of aryl methyl sites for hydroxylation is 1. The number of nitrogens with one attached hydrogen (secondary N) is 1. The Kier molecular flexibility index (Phi) is 11.4. The van der Waals surface area contributed by atoms with E-state index in [2.05, 4.69) is 25.7 Å². The molecule has 1 aromatic carbocycles. The smallest absolute Gasteiger partial charge is 0.445 e. The lowest BCUT2D eigenvalue weighted by molar-refractivity contribution is -0.125. The van der Waals surface area contributed by atoms with Crippen LogP contribution in [0.4, 0.5) is 4.79 Å². The van der Waals surface area contributed by atoms with Gasteiger partial charge in [0.1, 0.15) is 18.8 Å². The number of nitrogens with zero attached hydrogens (tertiary/aromatic N) is 2. The lowest BCUT2D eigenvalue weighted by Crippen LogP contribution is -2.46. The van der Waals surface area contributed by atoms with Gasteiger partial charge in [-0.1, -0.05) is 43.8 Å². The maximum atomic E-state index is 13.3. The normalized spacial score (nSPS) is 19.6. The molecule has 1 saturated heterocycles. The first-order chi connectivity index (χ1) is 18.9. The van der Waals surface area contributed by atoms with Gasteiger partial charge >= 0.3 is 22.1 Å². The molecule has 220 valence electrons. The second kappa shape index (κ2) is 14.1. The van der Waals surface area contributed by atoms with E-state index in [1.807, 2.05) is 31.2 Å². The van der Waals surface area contributed by atoms with E-state index in [4.69, 9.17) is 9.26 Å². The number of likely N-dealkylation sites (tertiary alicyclic amines) is 1. The molecule has 0 aliphatic carbocycles. The van der Waals surface area contributed by atoms with Crippen LogP contribution in [0.5, 0.6) is 0 Å². The number of thiazole rings is 1. The summed E-state index contributed by atoms with van der Waals surface area (Å²) in [6.07, 6.45) is -0.394. The molecule has 2 amide bonds. The van der Waals surface area contributed by atoms with E-state index in [0.29, 0.717) is 6.42 Å². The first-order valence-electron chi connectivity index (χ1n) is 12.4. The molecule has 3 rings (SSSR count). The quantitative estimate of drug-likeness (QED) is 0.186. The van der Waals surface area contributed by atoms with Crippen molar-refractivity contribution in [2.75, 3.05) is 19.8 Å². The third-order valence-corrected chi connectivity index (χ3v) is 9.59. The molecule has 0 radical (unpaired) electrons. The van der Waals surface area contributed by atoms with Gasteiger partial charge < -0.3 is 14.9 Å². The Morgan fingerprint density at radius 1 is 1.35 bits per heavy atom. The Balaban J connectivity index is 1.69. The molecular formula is C24H34N3O10P2S+. The monoisotopic (exact) mass is 618 g/mol. The Hall–Kier alpha value is -2.25. The van der Waals surface area contributed by atoms with E-state index in [0.717, 1.165) is 26.6 Å². The molecule has 1 aliphatic rings. The summed E-state index contributed by atoms with van der Waals surface area (Å²) in [5.74, 6) is -0.531. The Labute approximate surface area is 237 Å². The highest BCUT2D eigenvalue weighted by Gasteiger charge is 2.54. The fourth-order valence-electron chi connectivity index (χ4n) is 4.01. The minimum absolute atomic E-state index is 0.111. The number of hydrogen-bond acceptors (Lipinski definition) is 11. The molecule has 1 aliphatic heterocycles. The van der Waals surface area contributed by atoms with Crippen LogP contribution in [0, 0.1) is 6.92 Å². The molecule has 13 nitrogen and oxygen atoms in total. The van der Waals surface area contributed by atoms with Crippen LogP contribution >= 0.6 is 27.3 Å². The van der Waals surface area contributed by atoms with Crippen LogP contribution in [-0.2, 0) is 27.5 Å². The van der Waals surface area contributed by atoms with E-state index < -0.39 is 46.2 Å². The zero-order valence-corrected chi connectivity index (χ0v) is 24.9. The predicted octanol–water partition coefficient (Wildman–Crippen LogP) is 4.28.